The van der Waals surface area contributed by atoms with E-state index in [2.05, 4.69) is 58.4 Å². The van der Waals surface area contributed by atoms with E-state index < -0.39 is 0 Å². The first-order valence-electron chi connectivity index (χ1n) is 8.74. The highest BCUT2D eigenvalue weighted by Crippen LogP contribution is 2.28. The van der Waals surface area contributed by atoms with Crippen LogP contribution in [0.5, 0.6) is 5.75 Å². The van der Waals surface area contributed by atoms with E-state index in [9.17, 15) is 5.11 Å². The van der Waals surface area contributed by atoms with Crippen LogP contribution in [0.1, 0.15) is 17.5 Å². The van der Waals surface area contributed by atoms with Gasteiger partial charge in [0.15, 0.2) is 0 Å². The van der Waals surface area contributed by atoms with Gasteiger partial charge in [-0.3, -0.25) is 4.90 Å². The fourth-order valence-electron chi connectivity index (χ4n) is 3.45. The number of hydrogen-bond acceptors (Lipinski definition) is 2. The van der Waals surface area contributed by atoms with E-state index in [1.165, 1.54) is 11.1 Å². The van der Waals surface area contributed by atoms with Crippen molar-refractivity contribution in [1.82, 2.24) is 9.88 Å². The largest absolute Gasteiger partial charge is 0.506 e. The summed E-state index contributed by atoms with van der Waals surface area (Å²) in [7, 11) is 0. The molecule has 1 aromatic heterocycles. The Morgan fingerprint density at radius 2 is 1.96 bits per heavy atom. The van der Waals surface area contributed by atoms with Gasteiger partial charge < -0.3 is 10.1 Å². The molecule has 0 bridgehead atoms. The Kier molecular flexibility index (Phi) is 4.40. The van der Waals surface area contributed by atoms with Crippen LogP contribution in [0.4, 0.5) is 0 Å². The van der Waals surface area contributed by atoms with Crippen LogP contribution in [0.25, 0.3) is 22.6 Å². The number of fused-ring (bicyclic) bond motifs is 1. The van der Waals surface area contributed by atoms with Crippen molar-refractivity contribution in [2.45, 2.75) is 6.42 Å². The molecule has 1 aliphatic rings. The summed E-state index contributed by atoms with van der Waals surface area (Å²) in [6.45, 7) is 2.97. The standard InChI is InChI=1S/C22H22N2O/c25-21-16-23-20-10-4-8-19(22(20)21)9-5-13-24-14-11-18(12-15-24)17-6-2-1-3-7-17/h1-11,16,23,25H,12-15H2. The van der Waals surface area contributed by atoms with Crippen LogP contribution >= 0.6 is 0 Å². The van der Waals surface area contributed by atoms with Gasteiger partial charge in [-0.15, -0.1) is 0 Å². The summed E-state index contributed by atoms with van der Waals surface area (Å²) in [5.74, 6) is 0.309. The second kappa shape index (κ2) is 6.99. The Hall–Kier alpha value is -2.78. The van der Waals surface area contributed by atoms with Gasteiger partial charge >= 0.3 is 0 Å². The number of aromatic nitrogens is 1. The molecule has 2 aromatic carbocycles. The normalized spacial score (nSPS) is 15.8. The van der Waals surface area contributed by atoms with E-state index in [-0.39, 0.29) is 0 Å². The van der Waals surface area contributed by atoms with E-state index in [0.29, 0.717) is 5.75 Å². The van der Waals surface area contributed by atoms with Gasteiger partial charge in [-0.1, -0.05) is 60.7 Å². The van der Waals surface area contributed by atoms with Gasteiger partial charge in [0.2, 0.25) is 0 Å². The van der Waals surface area contributed by atoms with Gasteiger partial charge in [0.25, 0.3) is 0 Å². The zero-order valence-corrected chi connectivity index (χ0v) is 14.2. The van der Waals surface area contributed by atoms with Crippen molar-refractivity contribution in [3.63, 3.8) is 0 Å². The first-order chi connectivity index (χ1) is 12.3. The second-order valence-electron chi connectivity index (χ2n) is 6.45. The minimum Gasteiger partial charge on any atom is -0.506 e. The average Bonchev–Trinajstić information content (AvgIpc) is 3.05. The molecule has 0 radical (unpaired) electrons. The number of aromatic hydroxyl groups is 1. The predicted octanol–water partition coefficient (Wildman–Crippen LogP) is 4.68. The van der Waals surface area contributed by atoms with Crippen LogP contribution in [0.2, 0.25) is 0 Å². The molecule has 0 saturated heterocycles. The van der Waals surface area contributed by atoms with Crippen LogP contribution in [0.3, 0.4) is 0 Å². The first-order valence-corrected chi connectivity index (χ1v) is 8.74. The van der Waals surface area contributed by atoms with Crippen molar-refractivity contribution in [3.05, 3.63) is 78.0 Å². The zero-order valence-electron chi connectivity index (χ0n) is 14.2. The van der Waals surface area contributed by atoms with E-state index in [1.807, 2.05) is 18.2 Å². The Morgan fingerprint density at radius 3 is 2.76 bits per heavy atom. The highest BCUT2D eigenvalue weighted by Gasteiger charge is 2.11. The first kappa shape index (κ1) is 15.7. The Bertz CT molecular complexity index is 922. The van der Waals surface area contributed by atoms with Crippen LogP contribution in [-0.2, 0) is 0 Å². The molecular weight excluding hydrogens is 308 g/mol. The molecule has 3 nitrogen and oxygen atoms in total. The number of benzene rings is 2. The maximum absolute atomic E-state index is 9.99. The minimum absolute atomic E-state index is 0.309. The summed E-state index contributed by atoms with van der Waals surface area (Å²) in [5, 5.41) is 10.9. The SMILES string of the molecule is Oc1c[nH]c2cccc(C=CCN3CC=C(c4ccccc4)CC3)c12. The quantitative estimate of drug-likeness (QED) is 0.729. The van der Waals surface area contributed by atoms with Gasteiger partial charge in [0.1, 0.15) is 5.75 Å². The van der Waals surface area contributed by atoms with Crippen molar-refractivity contribution in [1.29, 1.82) is 0 Å². The maximum Gasteiger partial charge on any atom is 0.141 e. The summed E-state index contributed by atoms with van der Waals surface area (Å²) in [5.41, 5.74) is 4.80. The number of nitrogens with zero attached hydrogens (tertiary/aromatic N) is 1. The molecule has 2 N–H and O–H groups in total. The maximum atomic E-state index is 9.99. The lowest BCUT2D eigenvalue weighted by molar-refractivity contribution is 0.335. The molecule has 0 atom stereocenters. The third kappa shape index (κ3) is 3.37. The fraction of sp³-hybridized carbons (Fsp3) is 0.182. The number of nitrogens with one attached hydrogen (secondary N) is 1. The molecule has 4 rings (SSSR count). The molecule has 0 unspecified atom stereocenters. The lowest BCUT2D eigenvalue weighted by Crippen LogP contribution is -2.28. The predicted molar refractivity (Wildman–Crippen MR) is 104 cm³/mol. The van der Waals surface area contributed by atoms with Gasteiger partial charge in [0.05, 0.1) is 0 Å². The molecule has 126 valence electrons. The van der Waals surface area contributed by atoms with E-state index in [0.717, 1.165) is 42.5 Å². The summed E-state index contributed by atoms with van der Waals surface area (Å²) in [6, 6.07) is 16.7. The van der Waals surface area contributed by atoms with Crippen LogP contribution < -0.4 is 0 Å². The molecule has 0 aliphatic carbocycles. The molecule has 0 amide bonds. The average molecular weight is 330 g/mol. The van der Waals surface area contributed by atoms with Crippen molar-refractivity contribution >= 4 is 22.6 Å². The molecule has 3 heteroatoms. The molecule has 0 spiro atoms. The highest BCUT2D eigenvalue weighted by atomic mass is 16.3. The van der Waals surface area contributed by atoms with Gasteiger partial charge in [0, 0.05) is 36.7 Å². The lowest BCUT2D eigenvalue weighted by atomic mass is 9.99. The van der Waals surface area contributed by atoms with Gasteiger partial charge in [-0.2, -0.15) is 0 Å². The Balaban J connectivity index is 1.41. The van der Waals surface area contributed by atoms with Crippen molar-refractivity contribution in [2.75, 3.05) is 19.6 Å². The van der Waals surface area contributed by atoms with Crippen LogP contribution in [0, 0.1) is 0 Å². The van der Waals surface area contributed by atoms with Gasteiger partial charge in [-0.05, 0) is 29.2 Å². The smallest absolute Gasteiger partial charge is 0.141 e. The Morgan fingerprint density at radius 1 is 1.08 bits per heavy atom. The number of hydrogen-bond donors (Lipinski definition) is 2. The van der Waals surface area contributed by atoms with Crippen molar-refractivity contribution in [3.8, 4) is 5.75 Å². The topological polar surface area (TPSA) is 39.3 Å². The molecule has 0 saturated carbocycles. The minimum atomic E-state index is 0.309. The third-order valence-electron chi connectivity index (χ3n) is 4.82. The summed E-state index contributed by atoms with van der Waals surface area (Å²) >= 11 is 0. The summed E-state index contributed by atoms with van der Waals surface area (Å²) in [6.07, 6.45) is 9.36. The Labute approximate surface area is 147 Å². The van der Waals surface area contributed by atoms with Crippen LogP contribution in [-0.4, -0.2) is 34.6 Å². The zero-order chi connectivity index (χ0) is 17.1. The third-order valence-corrected chi connectivity index (χ3v) is 4.82. The van der Waals surface area contributed by atoms with Crippen molar-refractivity contribution < 1.29 is 5.11 Å². The molecule has 25 heavy (non-hydrogen) atoms. The molecule has 0 fully saturated rings. The summed E-state index contributed by atoms with van der Waals surface area (Å²) < 4.78 is 0. The lowest BCUT2D eigenvalue weighted by Gasteiger charge is -2.25. The fourth-order valence-corrected chi connectivity index (χ4v) is 3.45. The highest BCUT2D eigenvalue weighted by molar-refractivity contribution is 5.93. The molecule has 1 aliphatic heterocycles. The van der Waals surface area contributed by atoms with E-state index in [1.54, 1.807) is 6.20 Å². The number of rotatable bonds is 4. The molecule has 3 aromatic rings. The molecule has 2 heterocycles. The number of H-pyrrole nitrogens is 1. The van der Waals surface area contributed by atoms with E-state index >= 15 is 0 Å². The van der Waals surface area contributed by atoms with Crippen molar-refractivity contribution in [2.24, 2.45) is 0 Å². The van der Waals surface area contributed by atoms with E-state index in [4.69, 9.17) is 0 Å². The molecular formula is C22H22N2O. The second-order valence-corrected chi connectivity index (χ2v) is 6.45. The monoisotopic (exact) mass is 330 g/mol. The summed E-state index contributed by atoms with van der Waals surface area (Å²) in [4.78, 5) is 5.52. The van der Waals surface area contributed by atoms with Gasteiger partial charge in [-0.25, -0.2) is 0 Å². The number of aromatic amines is 1. The van der Waals surface area contributed by atoms with Crippen LogP contribution in [0.15, 0.2) is 66.9 Å².